The van der Waals surface area contributed by atoms with Crippen molar-refractivity contribution in [2.45, 2.75) is 37.1 Å². The third-order valence-electron chi connectivity index (χ3n) is 6.24. The Labute approximate surface area is 194 Å². The summed E-state index contributed by atoms with van der Waals surface area (Å²) in [7, 11) is 0. The molecule has 1 N–H and O–H groups in total. The van der Waals surface area contributed by atoms with E-state index in [2.05, 4.69) is 15.3 Å². The van der Waals surface area contributed by atoms with Gasteiger partial charge in [-0.15, -0.1) is 0 Å². The molecule has 0 spiro atoms. The van der Waals surface area contributed by atoms with Crippen molar-refractivity contribution in [2.75, 3.05) is 13.1 Å². The van der Waals surface area contributed by atoms with Gasteiger partial charge in [-0.3, -0.25) is 19.6 Å². The van der Waals surface area contributed by atoms with E-state index in [1.54, 1.807) is 12.1 Å². The summed E-state index contributed by atoms with van der Waals surface area (Å²) in [6.45, 7) is -1.31. The molecule has 7 nitrogen and oxygen atoms in total. The number of hydrogen-bond acceptors (Lipinski definition) is 5. The summed E-state index contributed by atoms with van der Waals surface area (Å²) in [5.74, 6) is -3.80. The van der Waals surface area contributed by atoms with E-state index in [1.165, 1.54) is 19.0 Å². The Kier molecular flexibility index (Phi) is 5.44. The van der Waals surface area contributed by atoms with Crippen LogP contribution in [0.25, 0.3) is 22.0 Å². The maximum absolute atomic E-state index is 13.6. The molecule has 1 saturated carbocycles. The summed E-state index contributed by atoms with van der Waals surface area (Å²) >= 11 is 0. The predicted octanol–water partition coefficient (Wildman–Crippen LogP) is 3.66. The monoisotopic (exact) mass is 461 g/mol. The first-order chi connectivity index (χ1) is 16.3. The number of fused-ring (bicyclic) bond motifs is 1. The summed E-state index contributed by atoms with van der Waals surface area (Å²) in [5.41, 5.74) is 3.79. The molecule has 2 aromatic heterocycles. The van der Waals surface area contributed by atoms with Gasteiger partial charge >= 0.3 is 0 Å². The number of nitrogens with zero attached hydrogens (tertiary/aromatic N) is 4. The summed E-state index contributed by atoms with van der Waals surface area (Å²) in [6, 6.07) is 11.7. The molecule has 9 heteroatoms. The van der Waals surface area contributed by atoms with Crippen molar-refractivity contribution >= 4 is 22.7 Å². The van der Waals surface area contributed by atoms with Crippen LogP contribution in [0.2, 0.25) is 0 Å². The van der Waals surface area contributed by atoms with E-state index < -0.39 is 43.3 Å². The summed E-state index contributed by atoms with van der Waals surface area (Å²) in [6.07, 6.45) is 4.97. The fraction of sp³-hybridized carbons (Fsp3) is 0.320. The molecule has 0 radical (unpaired) electrons. The third kappa shape index (κ3) is 4.31. The quantitative estimate of drug-likeness (QED) is 0.625. The van der Waals surface area contributed by atoms with Crippen molar-refractivity contribution in [2.24, 2.45) is 0 Å². The SMILES string of the molecule is N#C[C@@H]1CC(F)(F)CN1C(=O)CNC(=O)c1ccnc2ccc(-c3ccc(C4CC4)nc3)cc12. The highest BCUT2D eigenvalue weighted by molar-refractivity contribution is 6.07. The molecule has 1 aliphatic heterocycles. The van der Waals surface area contributed by atoms with E-state index in [0.717, 1.165) is 21.7 Å². The van der Waals surface area contributed by atoms with Crippen LogP contribution < -0.4 is 5.32 Å². The molecular weight excluding hydrogens is 440 g/mol. The number of nitriles is 1. The van der Waals surface area contributed by atoms with Crippen LogP contribution in [0.15, 0.2) is 48.8 Å². The zero-order valence-corrected chi connectivity index (χ0v) is 18.2. The molecule has 0 bridgehead atoms. The van der Waals surface area contributed by atoms with Crippen LogP contribution in [0, 0.1) is 11.3 Å². The number of alkyl halides is 2. The lowest BCUT2D eigenvalue weighted by molar-refractivity contribution is -0.131. The normalized spacial score (nSPS) is 19.1. The second kappa shape index (κ2) is 8.45. The molecule has 1 atom stereocenters. The van der Waals surface area contributed by atoms with E-state index in [9.17, 15) is 18.4 Å². The molecule has 172 valence electrons. The van der Waals surface area contributed by atoms with Crippen molar-refractivity contribution in [3.8, 4) is 17.2 Å². The maximum atomic E-state index is 13.6. The van der Waals surface area contributed by atoms with Gasteiger partial charge in [0.15, 0.2) is 0 Å². The van der Waals surface area contributed by atoms with Gasteiger partial charge in [0.25, 0.3) is 11.8 Å². The minimum absolute atomic E-state index is 0.311. The van der Waals surface area contributed by atoms with Crippen molar-refractivity contribution < 1.29 is 18.4 Å². The van der Waals surface area contributed by atoms with Crippen LogP contribution >= 0.6 is 0 Å². The van der Waals surface area contributed by atoms with Crippen molar-refractivity contribution in [3.05, 3.63) is 60.0 Å². The number of aromatic nitrogens is 2. The number of hydrogen-bond donors (Lipinski definition) is 1. The van der Waals surface area contributed by atoms with Crippen molar-refractivity contribution in [3.63, 3.8) is 0 Å². The Morgan fingerprint density at radius 2 is 1.94 bits per heavy atom. The Hall–Kier alpha value is -3.93. The smallest absolute Gasteiger partial charge is 0.268 e. The standard InChI is InChI=1S/C25H21F2N5O2/c26-25(27)10-18(11-28)32(14-25)23(33)13-31-24(34)19-7-8-29-22-6-3-16(9-20(19)22)17-4-5-21(30-12-17)15-1-2-15/h3-9,12,15,18H,1-2,10,13-14H2,(H,31,34)/t18-/m0/s1. The number of amides is 2. The number of carbonyl (C=O) groups excluding carboxylic acids is 2. The fourth-order valence-electron chi connectivity index (χ4n) is 4.27. The second-order valence-corrected chi connectivity index (χ2v) is 8.75. The molecule has 34 heavy (non-hydrogen) atoms. The second-order valence-electron chi connectivity index (χ2n) is 8.75. The fourth-order valence-corrected chi connectivity index (χ4v) is 4.27. The lowest BCUT2D eigenvalue weighted by atomic mass is 10.0. The molecule has 2 fully saturated rings. The van der Waals surface area contributed by atoms with Crippen LogP contribution in [-0.4, -0.2) is 51.7 Å². The summed E-state index contributed by atoms with van der Waals surface area (Å²) < 4.78 is 27.3. The molecule has 3 heterocycles. The lowest BCUT2D eigenvalue weighted by Crippen LogP contribution is -2.43. The molecule has 1 aromatic carbocycles. The Morgan fingerprint density at radius 3 is 2.65 bits per heavy atom. The average molecular weight is 461 g/mol. The van der Waals surface area contributed by atoms with Gasteiger partial charge in [0.2, 0.25) is 5.91 Å². The first-order valence-electron chi connectivity index (χ1n) is 11.0. The minimum Gasteiger partial charge on any atom is -0.343 e. The number of halogens is 2. The van der Waals surface area contributed by atoms with Gasteiger partial charge in [0, 0.05) is 41.4 Å². The zero-order chi connectivity index (χ0) is 23.9. The van der Waals surface area contributed by atoms with Crippen molar-refractivity contribution in [1.82, 2.24) is 20.2 Å². The van der Waals surface area contributed by atoms with Gasteiger partial charge < -0.3 is 10.2 Å². The third-order valence-corrected chi connectivity index (χ3v) is 6.24. The van der Waals surface area contributed by atoms with Crippen LogP contribution in [0.1, 0.15) is 41.2 Å². The van der Waals surface area contributed by atoms with E-state index in [-0.39, 0.29) is 0 Å². The first kappa shape index (κ1) is 21.9. The summed E-state index contributed by atoms with van der Waals surface area (Å²) in [4.78, 5) is 35.0. The van der Waals surface area contributed by atoms with Gasteiger partial charge in [-0.25, -0.2) is 8.78 Å². The van der Waals surface area contributed by atoms with Crippen molar-refractivity contribution in [1.29, 1.82) is 5.26 Å². The van der Waals surface area contributed by atoms with E-state index in [4.69, 9.17) is 5.26 Å². The molecule has 5 rings (SSSR count). The topological polar surface area (TPSA) is 99.0 Å². The van der Waals surface area contributed by atoms with E-state index in [1.807, 2.05) is 36.5 Å². The molecule has 2 amide bonds. The number of likely N-dealkylation sites (tertiary alicyclic amines) is 1. The van der Waals surface area contributed by atoms with Crippen LogP contribution in [0.3, 0.4) is 0 Å². The molecular formula is C25H21F2N5O2. The van der Waals surface area contributed by atoms with Gasteiger partial charge in [-0.05, 0) is 42.7 Å². The number of rotatable bonds is 5. The number of carbonyl (C=O) groups is 2. The van der Waals surface area contributed by atoms with Gasteiger partial charge in [-0.1, -0.05) is 12.1 Å². The molecule has 2 aliphatic rings. The Balaban J connectivity index is 1.34. The highest BCUT2D eigenvalue weighted by Crippen LogP contribution is 2.39. The molecule has 1 saturated heterocycles. The van der Waals surface area contributed by atoms with E-state index >= 15 is 0 Å². The minimum atomic E-state index is -3.11. The average Bonchev–Trinajstić information content (AvgIpc) is 3.64. The largest absolute Gasteiger partial charge is 0.343 e. The highest BCUT2D eigenvalue weighted by Gasteiger charge is 2.47. The Morgan fingerprint density at radius 1 is 1.15 bits per heavy atom. The first-order valence-corrected chi connectivity index (χ1v) is 11.0. The Bertz CT molecular complexity index is 1320. The zero-order valence-electron chi connectivity index (χ0n) is 18.2. The number of benzene rings is 1. The molecule has 1 aliphatic carbocycles. The lowest BCUT2D eigenvalue weighted by Gasteiger charge is -2.19. The maximum Gasteiger partial charge on any atom is 0.268 e. The highest BCUT2D eigenvalue weighted by atomic mass is 19.3. The number of nitrogens with one attached hydrogen (secondary N) is 1. The summed E-state index contributed by atoms with van der Waals surface area (Å²) in [5, 5.41) is 12.2. The number of pyridine rings is 2. The van der Waals surface area contributed by atoms with Crippen LogP contribution in [0.5, 0.6) is 0 Å². The molecule has 0 unspecified atom stereocenters. The van der Waals surface area contributed by atoms with Gasteiger partial charge in [0.05, 0.1) is 30.2 Å². The predicted molar refractivity (Wildman–Crippen MR) is 120 cm³/mol. The van der Waals surface area contributed by atoms with Gasteiger partial charge in [0.1, 0.15) is 6.04 Å². The molecule has 3 aromatic rings. The van der Waals surface area contributed by atoms with Crippen LogP contribution in [-0.2, 0) is 4.79 Å². The van der Waals surface area contributed by atoms with Gasteiger partial charge in [-0.2, -0.15) is 5.26 Å². The van der Waals surface area contributed by atoms with E-state index in [0.29, 0.717) is 22.4 Å². The van der Waals surface area contributed by atoms with Crippen LogP contribution in [0.4, 0.5) is 8.78 Å².